The maximum absolute atomic E-state index is 13.3. The maximum atomic E-state index is 13.3. The molecule has 1 aliphatic rings. The molecule has 174 valence electrons. The number of allylic oxidation sites excluding steroid dienone is 1. The summed E-state index contributed by atoms with van der Waals surface area (Å²) in [5.74, 6) is -1.27. The van der Waals surface area contributed by atoms with Gasteiger partial charge in [0.1, 0.15) is 11.5 Å². The number of hydrogen-bond acceptors (Lipinski definition) is 7. The molecule has 0 fully saturated rings. The zero-order valence-corrected chi connectivity index (χ0v) is 19.4. The number of rotatable bonds is 6. The van der Waals surface area contributed by atoms with Crippen molar-refractivity contribution < 1.29 is 24.5 Å². The van der Waals surface area contributed by atoms with Crippen molar-refractivity contribution in [2.45, 2.75) is 6.04 Å². The second kappa shape index (κ2) is 9.08. The number of phenols is 1. The lowest BCUT2D eigenvalue weighted by Crippen LogP contribution is -2.30. The summed E-state index contributed by atoms with van der Waals surface area (Å²) in [7, 11) is 1.56. The summed E-state index contributed by atoms with van der Waals surface area (Å²) in [5.41, 5.74) is 1.84. The molecule has 1 amide bonds. The van der Waals surface area contributed by atoms with Gasteiger partial charge in [0.15, 0.2) is 16.7 Å². The Labute approximate surface area is 204 Å². The monoisotopic (exact) mass is 484 g/mol. The van der Waals surface area contributed by atoms with Crippen molar-refractivity contribution in [1.29, 1.82) is 0 Å². The smallest absolute Gasteiger partial charge is 0.296 e. The molecule has 4 aromatic rings. The second-order valence-corrected chi connectivity index (χ2v) is 8.88. The van der Waals surface area contributed by atoms with Gasteiger partial charge in [-0.2, -0.15) is 0 Å². The number of aromatic hydroxyl groups is 1. The Morgan fingerprint density at radius 3 is 2.60 bits per heavy atom. The Hall–Kier alpha value is -4.43. The van der Waals surface area contributed by atoms with Crippen LogP contribution in [0.15, 0.2) is 90.2 Å². The van der Waals surface area contributed by atoms with Crippen molar-refractivity contribution in [3.63, 3.8) is 0 Å². The molecule has 1 aromatic heterocycles. The van der Waals surface area contributed by atoms with Crippen LogP contribution < -0.4 is 9.64 Å². The number of fused-ring (bicyclic) bond motifs is 1. The van der Waals surface area contributed by atoms with Gasteiger partial charge < -0.3 is 14.9 Å². The number of nitrogens with zero attached hydrogens (tertiary/aromatic N) is 2. The molecular formula is C27H20N2O5S. The molecule has 2 N–H and O–H groups in total. The lowest BCUT2D eigenvalue weighted by Gasteiger charge is -2.24. The number of aliphatic hydroxyl groups is 1. The van der Waals surface area contributed by atoms with Crippen LogP contribution in [0.5, 0.6) is 11.5 Å². The number of carbonyl (C=O) groups excluding carboxylic acids is 2. The van der Waals surface area contributed by atoms with Gasteiger partial charge in [-0.1, -0.05) is 59.9 Å². The van der Waals surface area contributed by atoms with E-state index < -0.39 is 23.5 Å². The highest BCUT2D eigenvalue weighted by Crippen LogP contribution is 2.44. The van der Waals surface area contributed by atoms with Crippen LogP contribution in [0.1, 0.15) is 17.2 Å². The highest BCUT2D eigenvalue weighted by molar-refractivity contribution is 7.22. The van der Waals surface area contributed by atoms with Gasteiger partial charge in [-0.25, -0.2) is 4.98 Å². The minimum absolute atomic E-state index is 0.0260. The first-order valence-electron chi connectivity index (χ1n) is 10.7. The number of hydrogen-bond donors (Lipinski definition) is 2. The predicted octanol–water partition coefficient (Wildman–Crippen LogP) is 5.19. The van der Waals surface area contributed by atoms with Gasteiger partial charge in [-0.05, 0) is 47.5 Å². The van der Waals surface area contributed by atoms with Crippen LogP contribution in [0.3, 0.4) is 0 Å². The van der Waals surface area contributed by atoms with E-state index >= 15 is 0 Å². The minimum atomic E-state index is -0.968. The lowest BCUT2D eigenvalue weighted by molar-refractivity contribution is -0.117. The Bertz CT molecular complexity index is 1510. The van der Waals surface area contributed by atoms with Crippen molar-refractivity contribution in [2.24, 2.45) is 0 Å². The van der Waals surface area contributed by atoms with Gasteiger partial charge in [0.2, 0.25) is 0 Å². The summed E-state index contributed by atoms with van der Waals surface area (Å²) in [5, 5.41) is 21.3. The molecule has 0 bridgehead atoms. The quantitative estimate of drug-likeness (QED) is 0.365. The predicted molar refractivity (Wildman–Crippen MR) is 135 cm³/mol. The number of aromatic nitrogens is 1. The van der Waals surface area contributed by atoms with Gasteiger partial charge in [0, 0.05) is 0 Å². The van der Waals surface area contributed by atoms with Crippen molar-refractivity contribution in [3.8, 4) is 11.5 Å². The number of ketones is 1. The number of benzene rings is 3. The third kappa shape index (κ3) is 4.15. The summed E-state index contributed by atoms with van der Waals surface area (Å²) < 4.78 is 6.06. The van der Waals surface area contributed by atoms with Crippen molar-refractivity contribution >= 4 is 44.5 Å². The van der Waals surface area contributed by atoms with Crippen LogP contribution in [0.4, 0.5) is 5.13 Å². The SMILES string of the molecule is COc1ccc2nc(N3C(=O)C(O)=C(C(=O)C=Cc4ccccc4)C3c3cccc(O)c3)sc2c1. The molecule has 3 aromatic carbocycles. The van der Waals surface area contributed by atoms with Gasteiger partial charge in [0.25, 0.3) is 5.91 Å². The van der Waals surface area contributed by atoms with E-state index in [0.29, 0.717) is 22.0 Å². The fourth-order valence-corrected chi connectivity index (χ4v) is 5.03. The number of thiazole rings is 1. The Morgan fingerprint density at radius 1 is 1.06 bits per heavy atom. The van der Waals surface area contributed by atoms with E-state index in [0.717, 1.165) is 10.3 Å². The summed E-state index contributed by atoms with van der Waals surface area (Å²) in [4.78, 5) is 32.5. The van der Waals surface area contributed by atoms with E-state index in [9.17, 15) is 19.8 Å². The minimum Gasteiger partial charge on any atom is -0.508 e. The zero-order valence-electron chi connectivity index (χ0n) is 18.6. The standard InChI is InChI=1S/C27H20N2O5S/c1-34-19-11-12-20-22(15-19)35-27(28-20)29-24(17-8-5-9-18(30)14-17)23(25(32)26(29)33)21(31)13-10-16-6-3-2-4-7-16/h2-15,24,30,32H,1H3. The Morgan fingerprint density at radius 2 is 1.86 bits per heavy atom. The highest BCUT2D eigenvalue weighted by Gasteiger charge is 2.45. The van der Waals surface area contributed by atoms with Crippen LogP contribution >= 0.6 is 11.3 Å². The van der Waals surface area contributed by atoms with E-state index in [1.54, 1.807) is 37.5 Å². The maximum Gasteiger partial charge on any atom is 0.296 e. The third-order valence-corrected chi connectivity index (χ3v) is 6.69. The van der Waals surface area contributed by atoms with Gasteiger partial charge in [0.05, 0.1) is 28.9 Å². The molecule has 7 nitrogen and oxygen atoms in total. The van der Waals surface area contributed by atoms with Crippen LogP contribution in [0.2, 0.25) is 0 Å². The van der Waals surface area contributed by atoms with Crippen molar-refractivity contribution in [3.05, 3.63) is 101 Å². The summed E-state index contributed by atoms with van der Waals surface area (Å²) >= 11 is 1.24. The molecule has 0 saturated heterocycles. The number of ether oxygens (including phenoxy) is 1. The largest absolute Gasteiger partial charge is 0.508 e. The number of amides is 1. The first kappa shape index (κ1) is 22.4. The number of phenolic OH excluding ortho intramolecular Hbond substituents is 1. The summed E-state index contributed by atoms with van der Waals surface area (Å²) in [6.07, 6.45) is 2.95. The molecule has 1 aliphatic heterocycles. The molecule has 0 aliphatic carbocycles. The number of carbonyl (C=O) groups is 2. The first-order chi connectivity index (χ1) is 17.0. The third-order valence-electron chi connectivity index (χ3n) is 5.68. The molecule has 8 heteroatoms. The fourth-order valence-electron chi connectivity index (χ4n) is 4.01. The first-order valence-corrected chi connectivity index (χ1v) is 11.6. The van der Waals surface area contributed by atoms with Crippen molar-refractivity contribution in [1.82, 2.24) is 4.98 Å². The van der Waals surface area contributed by atoms with Crippen LogP contribution in [-0.2, 0) is 9.59 Å². The topological polar surface area (TPSA) is 100.0 Å². The summed E-state index contributed by atoms with van der Waals surface area (Å²) in [6.45, 7) is 0. The van der Waals surface area contributed by atoms with E-state index in [-0.39, 0.29) is 11.3 Å². The molecule has 1 unspecified atom stereocenters. The summed E-state index contributed by atoms with van der Waals surface area (Å²) in [6, 6.07) is 19.9. The lowest BCUT2D eigenvalue weighted by atomic mass is 9.95. The number of methoxy groups -OCH3 is 1. The molecule has 35 heavy (non-hydrogen) atoms. The van der Waals surface area contributed by atoms with Crippen LogP contribution in [0, 0.1) is 0 Å². The fraction of sp³-hybridized carbons (Fsp3) is 0.0741. The van der Waals surface area contributed by atoms with E-state index in [2.05, 4.69) is 4.98 Å². The normalized spacial score (nSPS) is 16.0. The van der Waals surface area contributed by atoms with Gasteiger partial charge in [-0.3, -0.25) is 14.5 Å². The molecule has 5 rings (SSSR count). The molecular weight excluding hydrogens is 464 g/mol. The molecule has 2 heterocycles. The van der Waals surface area contributed by atoms with E-state index in [1.165, 1.54) is 34.4 Å². The Kier molecular flexibility index (Phi) is 5.80. The molecule has 0 saturated carbocycles. The average molecular weight is 485 g/mol. The molecule has 1 atom stereocenters. The zero-order chi connectivity index (χ0) is 24.5. The van der Waals surface area contributed by atoms with Gasteiger partial charge >= 0.3 is 0 Å². The van der Waals surface area contributed by atoms with E-state index in [1.807, 2.05) is 36.4 Å². The van der Waals surface area contributed by atoms with Gasteiger partial charge in [-0.15, -0.1) is 0 Å². The Balaban J connectivity index is 1.61. The van der Waals surface area contributed by atoms with Crippen molar-refractivity contribution in [2.75, 3.05) is 12.0 Å². The molecule has 0 spiro atoms. The van der Waals surface area contributed by atoms with E-state index in [4.69, 9.17) is 4.74 Å². The van der Waals surface area contributed by atoms with Crippen LogP contribution in [-0.4, -0.2) is 34.0 Å². The van der Waals surface area contributed by atoms with Crippen LogP contribution in [0.25, 0.3) is 16.3 Å². The second-order valence-electron chi connectivity index (χ2n) is 7.87. The average Bonchev–Trinajstić information content (AvgIpc) is 3.40. The molecule has 0 radical (unpaired) electrons. The number of aliphatic hydroxyl groups excluding tert-OH is 1. The highest BCUT2D eigenvalue weighted by atomic mass is 32.1. The number of anilines is 1.